The molecule has 0 bridgehead atoms. The summed E-state index contributed by atoms with van der Waals surface area (Å²) in [7, 11) is 3.37. The summed E-state index contributed by atoms with van der Waals surface area (Å²) in [5.74, 6) is -0.246. The Labute approximate surface area is 120 Å². The molecule has 1 atom stereocenters. The summed E-state index contributed by atoms with van der Waals surface area (Å²) in [5.41, 5.74) is 7.14. The van der Waals surface area contributed by atoms with Gasteiger partial charge in [0.1, 0.15) is 5.82 Å². The van der Waals surface area contributed by atoms with Crippen molar-refractivity contribution in [1.82, 2.24) is 4.90 Å². The molecule has 0 saturated heterocycles. The second-order valence-corrected chi connectivity index (χ2v) is 4.90. The summed E-state index contributed by atoms with van der Waals surface area (Å²) < 4.78 is 23.8. The Morgan fingerprint density at radius 3 is 2.65 bits per heavy atom. The van der Waals surface area contributed by atoms with Gasteiger partial charge in [0, 0.05) is 45.5 Å². The summed E-state index contributed by atoms with van der Waals surface area (Å²) in [6.45, 7) is 5.14. The van der Waals surface area contributed by atoms with Gasteiger partial charge in [-0.2, -0.15) is 0 Å². The van der Waals surface area contributed by atoms with E-state index in [4.69, 9.17) is 15.2 Å². The van der Waals surface area contributed by atoms with Crippen LogP contribution in [0, 0.1) is 5.82 Å². The van der Waals surface area contributed by atoms with Crippen LogP contribution < -0.4 is 5.73 Å². The number of nitrogens with two attached hydrogens (primary N) is 1. The van der Waals surface area contributed by atoms with Gasteiger partial charge in [-0.3, -0.25) is 4.90 Å². The monoisotopic (exact) mass is 284 g/mol. The normalized spacial score (nSPS) is 12.9. The molecule has 0 aliphatic heterocycles. The zero-order chi connectivity index (χ0) is 15.0. The minimum atomic E-state index is -0.246. The maximum atomic E-state index is 13.5. The van der Waals surface area contributed by atoms with Gasteiger partial charge in [0.05, 0.1) is 13.2 Å². The van der Waals surface area contributed by atoms with E-state index in [-0.39, 0.29) is 18.4 Å². The Hall–Kier alpha value is -1.01. The highest BCUT2D eigenvalue weighted by Gasteiger charge is 2.14. The molecule has 2 N–H and O–H groups in total. The van der Waals surface area contributed by atoms with Gasteiger partial charge in [-0.05, 0) is 18.6 Å². The topological polar surface area (TPSA) is 47.7 Å². The number of hydrogen-bond donors (Lipinski definition) is 1. The molecular formula is C15H25FN2O2. The quantitative estimate of drug-likeness (QED) is 0.751. The smallest absolute Gasteiger partial charge is 0.127 e. The predicted octanol–water partition coefficient (Wildman–Crippen LogP) is 1.77. The van der Waals surface area contributed by atoms with Crippen LogP contribution in [-0.2, 0) is 22.6 Å². The fourth-order valence-electron chi connectivity index (χ4n) is 2.13. The van der Waals surface area contributed by atoms with E-state index in [0.29, 0.717) is 18.8 Å². The summed E-state index contributed by atoms with van der Waals surface area (Å²) >= 11 is 0. The van der Waals surface area contributed by atoms with E-state index in [1.54, 1.807) is 20.3 Å². The molecule has 1 aromatic rings. The highest BCUT2D eigenvalue weighted by molar-refractivity contribution is 5.25. The highest BCUT2D eigenvalue weighted by atomic mass is 19.1. The van der Waals surface area contributed by atoms with Crippen molar-refractivity contribution in [3.63, 3.8) is 0 Å². The van der Waals surface area contributed by atoms with Crippen molar-refractivity contribution in [3.05, 3.63) is 35.1 Å². The Morgan fingerprint density at radius 2 is 2.05 bits per heavy atom. The molecule has 1 aromatic carbocycles. The average Bonchev–Trinajstić information content (AvgIpc) is 2.45. The Kier molecular flexibility index (Phi) is 7.69. The molecule has 0 saturated carbocycles. The van der Waals surface area contributed by atoms with Crippen LogP contribution in [-0.4, -0.2) is 44.9 Å². The van der Waals surface area contributed by atoms with Gasteiger partial charge >= 0.3 is 0 Å². The standard InChI is InChI=1S/C15H25FN2O2/c1-12(11-20-3)18(6-7-19-2)10-13-4-5-15(16)14(8-13)9-17/h4-5,8,12H,6-7,9-11,17H2,1-3H3. The lowest BCUT2D eigenvalue weighted by Crippen LogP contribution is -2.38. The van der Waals surface area contributed by atoms with Gasteiger partial charge in [-0.1, -0.05) is 12.1 Å². The fraction of sp³-hybridized carbons (Fsp3) is 0.600. The van der Waals surface area contributed by atoms with Crippen LogP contribution in [0.15, 0.2) is 18.2 Å². The van der Waals surface area contributed by atoms with Crippen molar-refractivity contribution in [2.45, 2.75) is 26.1 Å². The van der Waals surface area contributed by atoms with E-state index < -0.39 is 0 Å². The molecule has 0 amide bonds. The SMILES string of the molecule is COCCN(Cc1ccc(F)c(CN)c1)C(C)COC. The third kappa shape index (κ3) is 5.17. The third-order valence-corrected chi connectivity index (χ3v) is 3.33. The molecule has 0 aliphatic rings. The van der Waals surface area contributed by atoms with Gasteiger partial charge in [0.15, 0.2) is 0 Å². The first kappa shape index (κ1) is 17.0. The van der Waals surface area contributed by atoms with Crippen LogP contribution in [0.25, 0.3) is 0 Å². The number of halogens is 1. The maximum Gasteiger partial charge on any atom is 0.127 e. The summed E-state index contributed by atoms with van der Waals surface area (Å²) in [6.07, 6.45) is 0. The van der Waals surface area contributed by atoms with Crippen LogP contribution in [0.4, 0.5) is 4.39 Å². The van der Waals surface area contributed by atoms with Gasteiger partial charge < -0.3 is 15.2 Å². The van der Waals surface area contributed by atoms with E-state index in [1.807, 2.05) is 6.07 Å². The van der Waals surface area contributed by atoms with Gasteiger partial charge in [-0.15, -0.1) is 0 Å². The van der Waals surface area contributed by atoms with Crippen LogP contribution in [0.5, 0.6) is 0 Å². The lowest BCUT2D eigenvalue weighted by Gasteiger charge is -2.28. The molecule has 0 radical (unpaired) electrons. The van der Waals surface area contributed by atoms with E-state index >= 15 is 0 Å². The molecule has 0 aliphatic carbocycles. The van der Waals surface area contributed by atoms with Crippen molar-refractivity contribution in [3.8, 4) is 0 Å². The molecule has 4 nitrogen and oxygen atoms in total. The maximum absolute atomic E-state index is 13.5. The van der Waals surface area contributed by atoms with Gasteiger partial charge in [-0.25, -0.2) is 4.39 Å². The molecule has 0 aromatic heterocycles. The average molecular weight is 284 g/mol. The molecule has 0 fully saturated rings. The van der Waals surface area contributed by atoms with Crippen LogP contribution in [0.1, 0.15) is 18.1 Å². The lowest BCUT2D eigenvalue weighted by molar-refractivity contribution is 0.0705. The van der Waals surface area contributed by atoms with Crippen molar-refractivity contribution in [2.24, 2.45) is 5.73 Å². The van der Waals surface area contributed by atoms with Gasteiger partial charge in [0.2, 0.25) is 0 Å². The van der Waals surface area contributed by atoms with E-state index in [2.05, 4.69) is 11.8 Å². The first-order valence-electron chi connectivity index (χ1n) is 6.81. The van der Waals surface area contributed by atoms with Crippen molar-refractivity contribution in [1.29, 1.82) is 0 Å². The van der Waals surface area contributed by atoms with Crippen molar-refractivity contribution >= 4 is 0 Å². The number of methoxy groups -OCH3 is 2. The lowest BCUT2D eigenvalue weighted by atomic mass is 10.1. The molecule has 20 heavy (non-hydrogen) atoms. The number of nitrogens with zero attached hydrogens (tertiary/aromatic N) is 1. The zero-order valence-electron chi connectivity index (χ0n) is 12.6. The minimum absolute atomic E-state index is 0.214. The minimum Gasteiger partial charge on any atom is -0.383 e. The second kappa shape index (κ2) is 9.02. The van der Waals surface area contributed by atoms with E-state index in [9.17, 15) is 4.39 Å². The van der Waals surface area contributed by atoms with E-state index in [1.165, 1.54) is 6.07 Å². The molecule has 0 heterocycles. The third-order valence-electron chi connectivity index (χ3n) is 3.33. The highest BCUT2D eigenvalue weighted by Crippen LogP contribution is 2.14. The molecule has 5 heteroatoms. The Bertz CT molecular complexity index is 401. The Morgan fingerprint density at radius 1 is 1.30 bits per heavy atom. The molecular weight excluding hydrogens is 259 g/mol. The summed E-state index contributed by atoms with van der Waals surface area (Å²) in [5, 5.41) is 0. The van der Waals surface area contributed by atoms with E-state index in [0.717, 1.165) is 18.7 Å². The zero-order valence-corrected chi connectivity index (χ0v) is 12.6. The first-order chi connectivity index (χ1) is 9.62. The Balaban J connectivity index is 2.77. The number of rotatable bonds is 9. The first-order valence-corrected chi connectivity index (χ1v) is 6.81. The molecule has 1 rings (SSSR count). The van der Waals surface area contributed by atoms with Crippen molar-refractivity contribution < 1.29 is 13.9 Å². The summed E-state index contributed by atoms with van der Waals surface area (Å²) in [6, 6.07) is 5.37. The number of benzene rings is 1. The predicted molar refractivity (Wildman–Crippen MR) is 77.9 cm³/mol. The van der Waals surface area contributed by atoms with Crippen LogP contribution in [0.3, 0.4) is 0 Å². The number of hydrogen-bond acceptors (Lipinski definition) is 4. The number of ether oxygens (including phenoxy) is 2. The van der Waals surface area contributed by atoms with Crippen molar-refractivity contribution in [2.75, 3.05) is 34.0 Å². The molecule has 0 spiro atoms. The second-order valence-electron chi connectivity index (χ2n) is 4.90. The molecule has 114 valence electrons. The van der Waals surface area contributed by atoms with Crippen LogP contribution >= 0.6 is 0 Å². The van der Waals surface area contributed by atoms with Gasteiger partial charge in [0.25, 0.3) is 0 Å². The van der Waals surface area contributed by atoms with Crippen LogP contribution in [0.2, 0.25) is 0 Å². The molecule has 1 unspecified atom stereocenters. The summed E-state index contributed by atoms with van der Waals surface area (Å²) in [4.78, 5) is 2.25. The largest absolute Gasteiger partial charge is 0.383 e. The fourth-order valence-corrected chi connectivity index (χ4v) is 2.13.